The molecule has 0 aromatic carbocycles. The minimum absolute atomic E-state index is 0.611. The molecule has 1 N–H and O–H groups in total. The molecule has 11 heavy (non-hydrogen) atoms. The van der Waals surface area contributed by atoms with Gasteiger partial charge in [-0.25, -0.2) is 0 Å². The number of hydrogen-bond acceptors (Lipinski definition) is 1. The van der Waals surface area contributed by atoms with Crippen LogP contribution in [0.25, 0.3) is 0 Å². The molecule has 0 spiro atoms. The summed E-state index contributed by atoms with van der Waals surface area (Å²) in [6, 6.07) is 5.46. The number of rotatable bonds is 0. The van der Waals surface area contributed by atoms with Crippen LogP contribution >= 0.6 is 0 Å². The number of aromatic nitrogens is 1. The third kappa shape index (κ3) is 6.51. The second kappa shape index (κ2) is 5.41. The Morgan fingerprint density at radius 3 is 2.18 bits per heavy atom. The fraction of sp³-hybridized carbons (Fsp3) is 0. The second-order valence-electron chi connectivity index (χ2n) is 1.44. The van der Waals surface area contributed by atoms with E-state index in [-0.39, 0.29) is 0 Å². The molecule has 0 bridgehead atoms. The molecule has 6 heteroatoms. The summed E-state index contributed by atoms with van der Waals surface area (Å²) in [6.45, 7) is 0. The molecular formula is C5H4BF3N2. The highest BCUT2D eigenvalue weighted by atomic mass is 19.4. The van der Waals surface area contributed by atoms with Gasteiger partial charge in [-0.15, -0.1) is 0 Å². The van der Waals surface area contributed by atoms with Crippen molar-refractivity contribution in [3.8, 4) is 6.07 Å². The van der Waals surface area contributed by atoms with Crippen molar-refractivity contribution in [3.05, 3.63) is 24.0 Å². The highest BCUT2D eigenvalue weighted by Gasteiger charge is 2.06. The normalized spacial score (nSPS) is 7.45. The van der Waals surface area contributed by atoms with Crippen molar-refractivity contribution in [2.24, 2.45) is 0 Å². The number of H-pyrrole nitrogens is 1. The maximum absolute atomic E-state index is 9.67. The smallest absolute Gasteiger partial charge is 0.353 e. The molecule has 0 saturated heterocycles. The Kier molecular flexibility index (Phi) is 4.74. The fourth-order valence-corrected chi connectivity index (χ4v) is 0.400. The van der Waals surface area contributed by atoms with E-state index in [9.17, 15) is 12.9 Å². The molecule has 0 aliphatic heterocycles. The number of nitrogens with zero attached hydrogens (tertiary/aromatic N) is 1. The molecule has 2 nitrogen and oxygen atoms in total. The van der Waals surface area contributed by atoms with Crippen LogP contribution in [0.4, 0.5) is 12.9 Å². The van der Waals surface area contributed by atoms with Gasteiger partial charge in [-0.2, -0.15) is 5.26 Å². The average molecular weight is 160 g/mol. The maximum Gasteiger partial charge on any atom is 0.762 e. The Balaban J connectivity index is 0.000000218. The third-order valence-corrected chi connectivity index (χ3v) is 0.718. The molecular weight excluding hydrogens is 156 g/mol. The first-order valence-electron chi connectivity index (χ1n) is 2.62. The van der Waals surface area contributed by atoms with Crippen LogP contribution in [0.1, 0.15) is 5.69 Å². The summed E-state index contributed by atoms with van der Waals surface area (Å²) in [7, 11) is -3.67. The van der Waals surface area contributed by atoms with Gasteiger partial charge in [0, 0.05) is 6.20 Å². The van der Waals surface area contributed by atoms with Gasteiger partial charge in [0.05, 0.1) is 0 Å². The Morgan fingerprint density at radius 1 is 1.45 bits per heavy atom. The monoisotopic (exact) mass is 160 g/mol. The zero-order valence-electron chi connectivity index (χ0n) is 5.39. The van der Waals surface area contributed by atoms with Crippen LogP contribution in [0.5, 0.6) is 0 Å². The van der Waals surface area contributed by atoms with Crippen molar-refractivity contribution >= 4 is 7.54 Å². The molecule has 0 aliphatic rings. The Labute approximate surface area is 61.9 Å². The third-order valence-electron chi connectivity index (χ3n) is 0.718. The fourth-order valence-electron chi connectivity index (χ4n) is 0.400. The van der Waals surface area contributed by atoms with Crippen molar-refractivity contribution < 1.29 is 12.9 Å². The summed E-state index contributed by atoms with van der Waals surface area (Å²) in [5.74, 6) is 0. The number of nitriles is 1. The lowest BCUT2D eigenvalue weighted by molar-refractivity contribution is 0.535. The van der Waals surface area contributed by atoms with Crippen LogP contribution in [-0.2, 0) is 0 Å². The second-order valence-corrected chi connectivity index (χ2v) is 1.44. The molecule has 0 aliphatic carbocycles. The van der Waals surface area contributed by atoms with E-state index in [0.717, 1.165) is 0 Å². The number of hydrogen-bond donors (Lipinski definition) is 1. The topological polar surface area (TPSA) is 39.6 Å². The summed E-state index contributed by atoms with van der Waals surface area (Å²) >= 11 is 0. The molecule has 0 amide bonds. The van der Waals surface area contributed by atoms with E-state index in [1.54, 1.807) is 18.3 Å². The lowest BCUT2D eigenvalue weighted by Crippen LogP contribution is -1.76. The summed E-state index contributed by atoms with van der Waals surface area (Å²) in [6.07, 6.45) is 1.72. The molecule has 1 rings (SSSR count). The highest BCUT2D eigenvalue weighted by Crippen LogP contribution is 1.87. The van der Waals surface area contributed by atoms with E-state index < -0.39 is 7.54 Å². The van der Waals surface area contributed by atoms with E-state index in [1.807, 2.05) is 6.07 Å². The first-order chi connectivity index (χ1) is 5.16. The van der Waals surface area contributed by atoms with Crippen LogP contribution in [0.15, 0.2) is 18.3 Å². The number of halogens is 3. The zero-order valence-corrected chi connectivity index (χ0v) is 5.39. The van der Waals surface area contributed by atoms with Gasteiger partial charge in [0.15, 0.2) is 0 Å². The van der Waals surface area contributed by atoms with E-state index in [1.165, 1.54) is 0 Å². The molecule has 0 atom stereocenters. The summed E-state index contributed by atoms with van der Waals surface area (Å²) in [4.78, 5) is 2.73. The summed E-state index contributed by atoms with van der Waals surface area (Å²) in [5.41, 5.74) is 0.611. The molecule has 1 aromatic rings. The van der Waals surface area contributed by atoms with E-state index in [4.69, 9.17) is 5.26 Å². The lowest BCUT2D eigenvalue weighted by Gasteiger charge is -1.66. The van der Waals surface area contributed by atoms with Crippen LogP contribution in [0, 0.1) is 11.3 Å². The minimum Gasteiger partial charge on any atom is -0.353 e. The first-order valence-corrected chi connectivity index (χ1v) is 2.62. The molecule has 1 heterocycles. The van der Waals surface area contributed by atoms with Crippen molar-refractivity contribution in [3.63, 3.8) is 0 Å². The standard InChI is InChI=1S/C5H4N2.BF3/c6-4-5-2-1-3-7-5;2-1(3)4/h1-3,7H;. The number of aromatic amines is 1. The van der Waals surface area contributed by atoms with Gasteiger partial charge in [0.1, 0.15) is 11.8 Å². The lowest BCUT2D eigenvalue weighted by atomic mass is 10.5. The predicted octanol–water partition coefficient (Wildman–Crippen LogP) is 1.77. The van der Waals surface area contributed by atoms with Crippen molar-refractivity contribution in [2.75, 3.05) is 0 Å². The zero-order chi connectivity index (χ0) is 8.69. The van der Waals surface area contributed by atoms with E-state index in [0.29, 0.717) is 5.69 Å². The van der Waals surface area contributed by atoms with Gasteiger partial charge in [0.25, 0.3) is 0 Å². The molecule has 0 fully saturated rings. The molecule has 1 aromatic heterocycles. The Morgan fingerprint density at radius 2 is 2.00 bits per heavy atom. The van der Waals surface area contributed by atoms with Crippen LogP contribution in [-0.4, -0.2) is 12.5 Å². The van der Waals surface area contributed by atoms with Gasteiger partial charge in [-0.05, 0) is 12.1 Å². The minimum atomic E-state index is -3.67. The number of nitrogens with one attached hydrogen (secondary N) is 1. The highest BCUT2D eigenvalue weighted by molar-refractivity contribution is 6.33. The van der Waals surface area contributed by atoms with Crippen LogP contribution in [0.2, 0.25) is 0 Å². The van der Waals surface area contributed by atoms with Crippen molar-refractivity contribution in [1.82, 2.24) is 4.98 Å². The Bertz CT molecular complexity index is 213. The predicted molar refractivity (Wildman–Crippen MR) is 34.6 cm³/mol. The summed E-state index contributed by atoms with van der Waals surface area (Å²) < 4.78 is 29.0. The largest absolute Gasteiger partial charge is 0.762 e. The molecule has 0 saturated carbocycles. The van der Waals surface area contributed by atoms with Crippen molar-refractivity contribution in [1.29, 1.82) is 5.26 Å². The average Bonchev–Trinajstić information content (AvgIpc) is 2.36. The molecule has 58 valence electrons. The maximum atomic E-state index is 9.67. The quantitative estimate of drug-likeness (QED) is 0.577. The van der Waals surface area contributed by atoms with E-state index in [2.05, 4.69) is 4.98 Å². The van der Waals surface area contributed by atoms with Crippen LogP contribution in [0.3, 0.4) is 0 Å². The van der Waals surface area contributed by atoms with Gasteiger partial charge < -0.3 is 4.98 Å². The molecule has 0 unspecified atom stereocenters. The van der Waals surface area contributed by atoms with Gasteiger partial charge in [-0.1, -0.05) is 0 Å². The van der Waals surface area contributed by atoms with E-state index >= 15 is 0 Å². The molecule has 0 radical (unpaired) electrons. The van der Waals surface area contributed by atoms with Gasteiger partial charge in [0.2, 0.25) is 0 Å². The summed E-state index contributed by atoms with van der Waals surface area (Å²) in [5, 5.41) is 8.15. The van der Waals surface area contributed by atoms with Crippen LogP contribution < -0.4 is 0 Å². The SMILES string of the molecule is FB(F)F.N#Cc1ccc[nH]1. The van der Waals surface area contributed by atoms with Gasteiger partial charge in [-0.3, -0.25) is 12.9 Å². The van der Waals surface area contributed by atoms with Crippen molar-refractivity contribution in [2.45, 2.75) is 0 Å². The first kappa shape index (κ1) is 9.62. The van der Waals surface area contributed by atoms with Gasteiger partial charge >= 0.3 is 7.54 Å². The Hall–Kier alpha value is -1.38.